The van der Waals surface area contributed by atoms with E-state index >= 15 is 0 Å². The zero-order valence-corrected chi connectivity index (χ0v) is 16.9. The molecular formula is C22H25F3N2O3. The minimum Gasteiger partial charge on any atom is -0.489 e. The molecule has 1 fully saturated rings. The molecule has 3 atom stereocenters. The minimum atomic E-state index is -4.47. The highest BCUT2D eigenvalue weighted by molar-refractivity contribution is 5.83. The molecule has 1 saturated heterocycles. The van der Waals surface area contributed by atoms with E-state index in [0.717, 1.165) is 11.6 Å². The fraction of sp³-hybridized carbons (Fsp3) is 0.455. The molecule has 0 radical (unpaired) electrons. The first kappa shape index (κ1) is 22.1. The number of halogens is 3. The molecule has 2 unspecified atom stereocenters. The molecule has 1 aromatic heterocycles. The summed E-state index contributed by atoms with van der Waals surface area (Å²) in [6.07, 6.45) is -4.64. The van der Waals surface area contributed by atoms with Crippen LogP contribution in [0.2, 0.25) is 0 Å². The topological polar surface area (TPSA) is 62.7 Å². The van der Waals surface area contributed by atoms with Crippen molar-refractivity contribution in [2.75, 3.05) is 18.0 Å². The number of nitrogens with zero attached hydrogens (tertiary/aromatic N) is 2. The number of benzene rings is 1. The number of carbonyl (C=O) groups is 1. The summed E-state index contributed by atoms with van der Waals surface area (Å²) in [5, 5.41) is 9.35. The van der Waals surface area contributed by atoms with Crippen LogP contribution < -0.4 is 9.64 Å². The number of hydrogen-bond donors (Lipinski definition) is 1. The number of alkyl halides is 3. The van der Waals surface area contributed by atoms with Crippen LogP contribution in [0.5, 0.6) is 5.75 Å². The lowest BCUT2D eigenvalue weighted by atomic mass is 9.94. The number of aliphatic hydroxyl groups is 1. The number of pyridine rings is 1. The summed E-state index contributed by atoms with van der Waals surface area (Å²) < 4.78 is 44.6. The Labute approximate surface area is 173 Å². The quantitative estimate of drug-likeness (QED) is 0.725. The molecule has 0 spiro atoms. The SMILES string of the molecule is CC(O)C(=O)C[C@@H](C)c1ccc(OC2CCN(c3cccc(C(F)(F)F)n3)C2)cc1. The third-order valence-electron chi connectivity index (χ3n) is 5.22. The predicted octanol–water partition coefficient (Wildman–Crippen LogP) is 4.20. The van der Waals surface area contributed by atoms with E-state index in [1.165, 1.54) is 13.0 Å². The van der Waals surface area contributed by atoms with Gasteiger partial charge in [0.05, 0.1) is 6.54 Å². The molecule has 0 aliphatic carbocycles. The lowest BCUT2D eigenvalue weighted by molar-refractivity contribution is -0.141. The van der Waals surface area contributed by atoms with E-state index in [4.69, 9.17) is 4.74 Å². The van der Waals surface area contributed by atoms with E-state index in [0.29, 0.717) is 31.1 Å². The van der Waals surface area contributed by atoms with Crippen LogP contribution in [-0.2, 0) is 11.0 Å². The van der Waals surface area contributed by atoms with Crippen LogP contribution in [0.3, 0.4) is 0 Å². The number of hydrogen-bond acceptors (Lipinski definition) is 5. The lowest BCUT2D eigenvalue weighted by Gasteiger charge is -2.19. The fourth-order valence-corrected chi connectivity index (χ4v) is 3.45. The zero-order chi connectivity index (χ0) is 21.9. The minimum absolute atomic E-state index is 0.0184. The molecule has 1 N–H and O–H groups in total. The van der Waals surface area contributed by atoms with E-state index in [-0.39, 0.29) is 24.2 Å². The molecule has 2 aromatic rings. The van der Waals surface area contributed by atoms with Gasteiger partial charge in [0.2, 0.25) is 0 Å². The largest absolute Gasteiger partial charge is 0.489 e. The van der Waals surface area contributed by atoms with Crippen molar-refractivity contribution in [3.63, 3.8) is 0 Å². The Morgan fingerprint density at radius 2 is 1.93 bits per heavy atom. The van der Waals surface area contributed by atoms with Gasteiger partial charge in [0.1, 0.15) is 29.5 Å². The van der Waals surface area contributed by atoms with Gasteiger partial charge in [-0.15, -0.1) is 0 Å². The molecular weight excluding hydrogens is 397 g/mol. The van der Waals surface area contributed by atoms with Crippen molar-refractivity contribution in [1.29, 1.82) is 0 Å². The molecule has 8 heteroatoms. The van der Waals surface area contributed by atoms with E-state index in [1.54, 1.807) is 11.0 Å². The number of carbonyl (C=O) groups excluding carboxylic acids is 1. The van der Waals surface area contributed by atoms with Crippen molar-refractivity contribution >= 4 is 11.6 Å². The van der Waals surface area contributed by atoms with Crippen molar-refractivity contribution in [3.8, 4) is 5.75 Å². The van der Waals surface area contributed by atoms with Gasteiger partial charge >= 0.3 is 6.18 Å². The average molecular weight is 422 g/mol. The second-order valence-electron chi connectivity index (χ2n) is 7.67. The Balaban J connectivity index is 1.57. The molecule has 1 aromatic carbocycles. The average Bonchev–Trinajstić information content (AvgIpc) is 3.16. The molecule has 0 saturated carbocycles. The van der Waals surface area contributed by atoms with Crippen LogP contribution in [0.1, 0.15) is 43.9 Å². The van der Waals surface area contributed by atoms with E-state index in [9.17, 15) is 23.1 Å². The zero-order valence-electron chi connectivity index (χ0n) is 16.9. The summed E-state index contributed by atoms with van der Waals surface area (Å²) in [6.45, 7) is 4.41. The maximum atomic E-state index is 12.9. The first-order chi connectivity index (χ1) is 14.1. The van der Waals surface area contributed by atoms with Gasteiger partial charge in [0.15, 0.2) is 5.78 Å². The van der Waals surface area contributed by atoms with Gasteiger partial charge in [0.25, 0.3) is 0 Å². The van der Waals surface area contributed by atoms with Crippen molar-refractivity contribution in [1.82, 2.24) is 4.98 Å². The van der Waals surface area contributed by atoms with Crippen molar-refractivity contribution in [3.05, 3.63) is 53.7 Å². The van der Waals surface area contributed by atoms with Crippen molar-refractivity contribution < 1.29 is 27.8 Å². The molecule has 1 aliphatic rings. The van der Waals surface area contributed by atoms with Gasteiger partial charge in [-0.2, -0.15) is 13.2 Å². The highest BCUT2D eigenvalue weighted by atomic mass is 19.4. The first-order valence-corrected chi connectivity index (χ1v) is 9.90. The standard InChI is InChI=1S/C22H25F3N2O3/c1-14(12-19(29)15(2)28)16-6-8-17(9-7-16)30-18-10-11-27(13-18)21-5-3-4-20(26-21)22(23,24)25/h3-9,14-15,18,28H,10-13H2,1-2H3/t14-,15?,18?/m1/s1. The molecule has 1 aliphatic heterocycles. The number of rotatable bonds is 7. The van der Waals surface area contributed by atoms with Crippen LogP contribution in [0.25, 0.3) is 0 Å². The Morgan fingerprint density at radius 3 is 2.57 bits per heavy atom. The second kappa shape index (κ2) is 9.04. The normalized spacial score (nSPS) is 18.9. The monoisotopic (exact) mass is 422 g/mol. The van der Waals surface area contributed by atoms with E-state index < -0.39 is 18.0 Å². The lowest BCUT2D eigenvalue weighted by Crippen LogP contribution is -2.25. The summed E-state index contributed by atoms with van der Waals surface area (Å²) in [7, 11) is 0. The van der Waals surface area contributed by atoms with Gasteiger partial charge in [-0.3, -0.25) is 4.79 Å². The molecule has 2 heterocycles. The highest BCUT2D eigenvalue weighted by Crippen LogP contribution is 2.30. The third kappa shape index (κ3) is 5.50. The number of aromatic nitrogens is 1. The maximum absolute atomic E-state index is 12.9. The van der Waals surface area contributed by atoms with Crippen LogP contribution >= 0.6 is 0 Å². The maximum Gasteiger partial charge on any atom is 0.433 e. The molecule has 0 bridgehead atoms. The van der Waals surface area contributed by atoms with Crippen LogP contribution in [0.4, 0.5) is 19.0 Å². The molecule has 5 nitrogen and oxygen atoms in total. The predicted molar refractivity (Wildman–Crippen MR) is 107 cm³/mol. The summed E-state index contributed by atoms with van der Waals surface area (Å²) >= 11 is 0. The summed E-state index contributed by atoms with van der Waals surface area (Å²) in [4.78, 5) is 17.2. The number of anilines is 1. The summed E-state index contributed by atoms with van der Waals surface area (Å²) in [5.74, 6) is 0.742. The fourth-order valence-electron chi connectivity index (χ4n) is 3.45. The van der Waals surface area contributed by atoms with Crippen molar-refractivity contribution in [2.24, 2.45) is 0 Å². The smallest absolute Gasteiger partial charge is 0.433 e. The number of aliphatic hydroxyl groups excluding tert-OH is 1. The third-order valence-corrected chi connectivity index (χ3v) is 5.22. The van der Waals surface area contributed by atoms with E-state index in [1.807, 2.05) is 31.2 Å². The second-order valence-corrected chi connectivity index (χ2v) is 7.67. The molecule has 162 valence electrons. The molecule has 30 heavy (non-hydrogen) atoms. The number of ketones is 1. The van der Waals surface area contributed by atoms with Gasteiger partial charge in [-0.1, -0.05) is 25.1 Å². The first-order valence-electron chi connectivity index (χ1n) is 9.90. The van der Waals surface area contributed by atoms with Crippen molar-refractivity contribution in [2.45, 2.75) is 51.0 Å². The van der Waals surface area contributed by atoms with Crippen LogP contribution in [0.15, 0.2) is 42.5 Å². The van der Waals surface area contributed by atoms with Gasteiger partial charge in [0, 0.05) is 19.4 Å². The Morgan fingerprint density at radius 1 is 1.23 bits per heavy atom. The Hall–Kier alpha value is -2.61. The number of ether oxygens (including phenoxy) is 1. The summed E-state index contributed by atoms with van der Waals surface area (Å²) in [6, 6.07) is 11.3. The summed E-state index contributed by atoms with van der Waals surface area (Å²) in [5.41, 5.74) is 0.0701. The van der Waals surface area contributed by atoms with E-state index in [2.05, 4.69) is 4.98 Å². The Bertz CT molecular complexity index is 869. The molecule has 0 amide bonds. The van der Waals surface area contributed by atoms with Gasteiger partial charge < -0.3 is 14.7 Å². The van der Waals surface area contributed by atoms with Gasteiger partial charge in [-0.05, 0) is 42.7 Å². The number of Topliss-reactive ketones (excluding diaryl/α,β-unsaturated/α-hetero) is 1. The van der Waals surface area contributed by atoms with Gasteiger partial charge in [-0.25, -0.2) is 4.98 Å². The van der Waals surface area contributed by atoms with Crippen LogP contribution in [-0.4, -0.2) is 41.2 Å². The molecule has 3 rings (SSSR count). The Kier molecular flexibility index (Phi) is 6.65. The van der Waals surface area contributed by atoms with Crippen LogP contribution in [0, 0.1) is 0 Å². The highest BCUT2D eigenvalue weighted by Gasteiger charge is 2.33.